The summed E-state index contributed by atoms with van der Waals surface area (Å²) in [6.45, 7) is 2.72. The molecule has 0 aliphatic carbocycles. The van der Waals surface area contributed by atoms with Crippen molar-refractivity contribution in [1.82, 2.24) is 0 Å². The first-order valence-corrected chi connectivity index (χ1v) is 6.72. The van der Waals surface area contributed by atoms with Crippen LogP contribution >= 0.6 is 15.9 Å². The Hall–Kier alpha value is -0.740. The second-order valence-corrected chi connectivity index (χ2v) is 4.39. The highest BCUT2D eigenvalue weighted by molar-refractivity contribution is 9.08. The van der Waals surface area contributed by atoms with Gasteiger partial charge in [0.05, 0.1) is 13.2 Å². The molecule has 1 aromatic rings. The van der Waals surface area contributed by atoms with Crippen molar-refractivity contribution in [3.8, 4) is 11.5 Å². The van der Waals surface area contributed by atoms with E-state index in [1.54, 1.807) is 14.2 Å². The van der Waals surface area contributed by atoms with Crippen molar-refractivity contribution in [1.29, 1.82) is 0 Å². The molecule has 0 spiro atoms. The molecule has 17 heavy (non-hydrogen) atoms. The number of hydrogen-bond acceptors (Lipinski definition) is 3. The van der Waals surface area contributed by atoms with Crippen molar-refractivity contribution in [3.63, 3.8) is 0 Å². The van der Waals surface area contributed by atoms with Gasteiger partial charge in [0.1, 0.15) is 0 Å². The molecule has 0 aliphatic rings. The number of hydrogen-bond donors (Lipinski definition) is 0. The Balaban J connectivity index is 2.72. The van der Waals surface area contributed by atoms with Crippen molar-refractivity contribution in [2.45, 2.75) is 24.8 Å². The summed E-state index contributed by atoms with van der Waals surface area (Å²) >= 11 is 3.43. The first-order valence-electron chi connectivity index (χ1n) is 5.59. The van der Waals surface area contributed by atoms with E-state index in [2.05, 4.69) is 15.9 Å². The number of alkyl halides is 1. The van der Waals surface area contributed by atoms with Gasteiger partial charge in [-0.1, -0.05) is 22.0 Å². The van der Waals surface area contributed by atoms with Crippen LogP contribution in [0.5, 0.6) is 11.5 Å². The molecule has 0 aromatic heterocycles. The highest BCUT2D eigenvalue weighted by atomic mass is 79.9. The largest absolute Gasteiger partial charge is 0.493 e. The molecule has 0 saturated carbocycles. The third-order valence-electron chi connectivity index (χ3n) is 2.44. The summed E-state index contributed by atoms with van der Waals surface area (Å²) in [7, 11) is 3.34. The number of ether oxygens (including phenoxy) is 3. The van der Waals surface area contributed by atoms with Gasteiger partial charge >= 0.3 is 0 Å². The summed E-state index contributed by atoms with van der Waals surface area (Å²) < 4.78 is 16.2. The van der Waals surface area contributed by atoms with Gasteiger partial charge < -0.3 is 14.2 Å². The lowest BCUT2D eigenvalue weighted by molar-refractivity contribution is 0.132. The lowest BCUT2D eigenvalue weighted by Crippen LogP contribution is -2.14. The smallest absolute Gasteiger partial charge is 0.161 e. The second-order valence-electron chi connectivity index (χ2n) is 3.83. The Labute approximate surface area is 111 Å². The second kappa shape index (κ2) is 7.56. The average Bonchev–Trinajstić information content (AvgIpc) is 2.36. The van der Waals surface area contributed by atoms with Crippen LogP contribution in [0.4, 0.5) is 0 Å². The molecule has 0 bridgehead atoms. The third kappa shape index (κ3) is 4.56. The lowest BCUT2D eigenvalue weighted by atomic mass is 10.2. The predicted molar refractivity (Wildman–Crippen MR) is 72.2 cm³/mol. The molecule has 1 atom stereocenters. The van der Waals surface area contributed by atoms with E-state index in [-0.39, 0.29) is 6.10 Å². The molecule has 0 fully saturated rings. The van der Waals surface area contributed by atoms with Crippen LogP contribution in [0.2, 0.25) is 0 Å². The summed E-state index contributed by atoms with van der Waals surface area (Å²) in [5.41, 5.74) is 1.17. The standard InChI is InChI=1S/C13H19BrO3/c1-10(6-7-15-2)17-13-8-11(9-14)4-5-12(13)16-3/h4-5,8,10H,6-7,9H2,1-3H3. The molecular weight excluding hydrogens is 284 g/mol. The van der Waals surface area contributed by atoms with Crippen molar-refractivity contribution in [2.24, 2.45) is 0 Å². The molecule has 0 aliphatic heterocycles. The highest BCUT2D eigenvalue weighted by Gasteiger charge is 2.09. The minimum atomic E-state index is 0.106. The van der Waals surface area contributed by atoms with E-state index in [0.29, 0.717) is 6.61 Å². The fraction of sp³-hybridized carbons (Fsp3) is 0.538. The number of halogens is 1. The van der Waals surface area contributed by atoms with Gasteiger partial charge in [0.15, 0.2) is 11.5 Å². The van der Waals surface area contributed by atoms with Gasteiger partial charge in [-0.05, 0) is 24.6 Å². The summed E-state index contributed by atoms with van der Waals surface area (Å²) in [4.78, 5) is 0. The molecule has 3 nitrogen and oxygen atoms in total. The molecule has 0 amide bonds. The van der Waals surface area contributed by atoms with Crippen molar-refractivity contribution < 1.29 is 14.2 Å². The fourth-order valence-electron chi connectivity index (χ4n) is 1.46. The van der Waals surface area contributed by atoms with Crippen molar-refractivity contribution >= 4 is 15.9 Å². The monoisotopic (exact) mass is 302 g/mol. The first-order chi connectivity index (χ1) is 8.21. The molecule has 1 rings (SSSR count). The molecule has 1 aromatic carbocycles. The Morgan fingerprint density at radius 1 is 1.24 bits per heavy atom. The van der Waals surface area contributed by atoms with E-state index >= 15 is 0 Å². The summed E-state index contributed by atoms with van der Waals surface area (Å²) in [6.07, 6.45) is 0.965. The van der Waals surface area contributed by atoms with Crippen LogP contribution < -0.4 is 9.47 Å². The molecule has 0 saturated heterocycles. The minimum absolute atomic E-state index is 0.106. The molecule has 1 unspecified atom stereocenters. The summed E-state index contributed by atoms with van der Waals surface area (Å²) in [6, 6.07) is 5.94. The van der Waals surface area contributed by atoms with E-state index in [4.69, 9.17) is 14.2 Å². The average molecular weight is 303 g/mol. The van der Waals surface area contributed by atoms with Crippen LogP contribution in [-0.2, 0) is 10.1 Å². The quantitative estimate of drug-likeness (QED) is 0.723. The van der Waals surface area contributed by atoms with Crippen LogP contribution in [0.3, 0.4) is 0 Å². The van der Waals surface area contributed by atoms with E-state index < -0.39 is 0 Å². The zero-order valence-electron chi connectivity index (χ0n) is 10.5. The maximum atomic E-state index is 5.86. The molecule has 0 N–H and O–H groups in total. The van der Waals surface area contributed by atoms with Gasteiger partial charge in [-0.2, -0.15) is 0 Å². The molecule has 0 heterocycles. The van der Waals surface area contributed by atoms with Crippen LogP contribution in [0.1, 0.15) is 18.9 Å². The molecular formula is C13H19BrO3. The van der Waals surface area contributed by atoms with E-state index in [9.17, 15) is 0 Å². The maximum Gasteiger partial charge on any atom is 0.161 e. The molecule has 0 radical (unpaired) electrons. The number of methoxy groups -OCH3 is 2. The van der Waals surface area contributed by atoms with Gasteiger partial charge in [-0.25, -0.2) is 0 Å². The lowest BCUT2D eigenvalue weighted by Gasteiger charge is -2.17. The molecule has 4 heteroatoms. The van der Waals surface area contributed by atoms with Gasteiger partial charge in [0.25, 0.3) is 0 Å². The SMILES string of the molecule is COCCC(C)Oc1cc(CBr)ccc1OC. The first kappa shape index (κ1) is 14.3. The number of benzene rings is 1. The Bertz CT molecular complexity index is 341. The van der Waals surface area contributed by atoms with Gasteiger partial charge in [0.2, 0.25) is 0 Å². The summed E-state index contributed by atoms with van der Waals surface area (Å²) in [5, 5.41) is 0.805. The molecule has 96 valence electrons. The Morgan fingerprint density at radius 3 is 2.59 bits per heavy atom. The summed E-state index contributed by atoms with van der Waals surface area (Å²) in [5.74, 6) is 1.55. The van der Waals surface area contributed by atoms with Crippen LogP contribution in [0.15, 0.2) is 18.2 Å². The maximum absolute atomic E-state index is 5.86. The van der Waals surface area contributed by atoms with Gasteiger partial charge in [0, 0.05) is 25.5 Å². The zero-order chi connectivity index (χ0) is 12.7. The van der Waals surface area contributed by atoms with E-state index in [1.165, 1.54) is 5.56 Å². The fourth-order valence-corrected chi connectivity index (χ4v) is 1.80. The van der Waals surface area contributed by atoms with Gasteiger partial charge in [-0.3, -0.25) is 0 Å². The van der Waals surface area contributed by atoms with Crippen molar-refractivity contribution in [2.75, 3.05) is 20.8 Å². The predicted octanol–water partition coefficient (Wildman–Crippen LogP) is 3.39. The topological polar surface area (TPSA) is 27.7 Å². The van der Waals surface area contributed by atoms with Crippen LogP contribution in [-0.4, -0.2) is 26.9 Å². The Kier molecular flexibility index (Phi) is 6.37. The zero-order valence-corrected chi connectivity index (χ0v) is 12.1. The van der Waals surface area contributed by atoms with E-state index in [0.717, 1.165) is 23.2 Å². The van der Waals surface area contributed by atoms with Gasteiger partial charge in [-0.15, -0.1) is 0 Å². The van der Waals surface area contributed by atoms with Crippen molar-refractivity contribution in [3.05, 3.63) is 23.8 Å². The third-order valence-corrected chi connectivity index (χ3v) is 3.09. The Morgan fingerprint density at radius 2 is 2.00 bits per heavy atom. The number of rotatable bonds is 7. The van der Waals surface area contributed by atoms with Crippen LogP contribution in [0.25, 0.3) is 0 Å². The van der Waals surface area contributed by atoms with Crippen LogP contribution in [0, 0.1) is 0 Å². The van der Waals surface area contributed by atoms with E-state index in [1.807, 2.05) is 25.1 Å². The highest BCUT2D eigenvalue weighted by Crippen LogP contribution is 2.30. The normalized spacial score (nSPS) is 12.2. The minimum Gasteiger partial charge on any atom is -0.493 e.